The molecular formula is C24H21F3O4S. The number of allylic oxidation sites excluding steroid dienone is 4. The van der Waals surface area contributed by atoms with Gasteiger partial charge in [-0.05, 0) is 78.6 Å². The number of hydrogen-bond donors (Lipinski definition) is 1. The Hall–Kier alpha value is -2.87. The van der Waals surface area contributed by atoms with E-state index < -0.39 is 33.3 Å². The standard InChI is InChI=1S/C24H21F3O4S/c1-14-2-3-16(10-14)20-9-7-19(24(25,26)27)11-18(20)13-32(30,31)22-12-17(23(28)29)6-8-21(22)15-4-5-15/h2-3,6-9,11-12,15H,4-5,10,13H2,1H3,(H,28,29). The van der Waals surface area contributed by atoms with Crippen LogP contribution in [-0.4, -0.2) is 19.5 Å². The maximum absolute atomic E-state index is 13.4. The molecule has 0 atom stereocenters. The van der Waals surface area contributed by atoms with Crippen LogP contribution in [0.5, 0.6) is 0 Å². The molecule has 0 unspecified atom stereocenters. The summed E-state index contributed by atoms with van der Waals surface area (Å²) in [6.45, 7) is 1.89. The van der Waals surface area contributed by atoms with E-state index in [4.69, 9.17) is 0 Å². The van der Waals surface area contributed by atoms with Crippen molar-refractivity contribution in [3.63, 3.8) is 0 Å². The Morgan fingerprint density at radius 1 is 1.09 bits per heavy atom. The lowest BCUT2D eigenvalue weighted by molar-refractivity contribution is -0.137. The van der Waals surface area contributed by atoms with Gasteiger partial charge in [0.2, 0.25) is 0 Å². The van der Waals surface area contributed by atoms with Gasteiger partial charge in [0.1, 0.15) is 0 Å². The van der Waals surface area contributed by atoms with E-state index in [-0.39, 0.29) is 21.9 Å². The third-order valence-electron chi connectivity index (χ3n) is 5.78. The van der Waals surface area contributed by atoms with Crippen molar-refractivity contribution in [3.8, 4) is 0 Å². The van der Waals surface area contributed by atoms with E-state index in [1.54, 1.807) is 6.08 Å². The molecule has 0 amide bonds. The Morgan fingerprint density at radius 3 is 2.38 bits per heavy atom. The predicted octanol–water partition coefficient (Wildman–Crippen LogP) is 5.99. The lowest BCUT2D eigenvalue weighted by Crippen LogP contribution is -2.13. The zero-order valence-electron chi connectivity index (χ0n) is 17.2. The van der Waals surface area contributed by atoms with Crippen LogP contribution in [0.25, 0.3) is 5.57 Å². The van der Waals surface area contributed by atoms with Crippen LogP contribution in [0, 0.1) is 0 Å². The molecular weight excluding hydrogens is 441 g/mol. The number of aromatic carboxylic acids is 1. The molecule has 2 aromatic carbocycles. The molecule has 1 fully saturated rings. The zero-order valence-corrected chi connectivity index (χ0v) is 18.1. The zero-order chi connectivity index (χ0) is 23.3. The lowest BCUT2D eigenvalue weighted by Gasteiger charge is -2.17. The first-order chi connectivity index (χ1) is 15.0. The van der Waals surface area contributed by atoms with Crippen molar-refractivity contribution in [1.82, 2.24) is 0 Å². The summed E-state index contributed by atoms with van der Waals surface area (Å²) in [5, 5.41) is 9.32. The second-order valence-electron chi connectivity index (χ2n) is 8.34. The molecule has 32 heavy (non-hydrogen) atoms. The van der Waals surface area contributed by atoms with E-state index in [2.05, 4.69) is 0 Å². The summed E-state index contributed by atoms with van der Waals surface area (Å²) in [7, 11) is -4.11. The molecule has 2 aliphatic carbocycles. The van der Waals surface area contributed by atoms with Gasteiger partial charge in [-0.25, -0.2) is 13.2 Å². The van der Waals surface area contributed by atoms with Crippen molar-refractivity contribution >= 4 is 21.4 Å². The van der Waals surface area contributed by atoms with Gasteiger partial charge in [-0.1, -0.05) is 29.9 Å². The van der Waals surface area contributed by atoms with Gasteiger partial charge in [-0.3, -0.25) is 0 Å². The molecule has 2 aromatic rings. The minimum Gasteiger partial charge on any atom is -0.478 e. The number of carboxylic acids is 1. The fourth-order valence-corrected chi connectivity index (χ4v) is 5.70. The third kappa shape index (κ3) is 4.50. The van der Waals surface area contributed by atoms with E-state index in [0.29, 0.717) is 17.5 Å². The van der Waals surface area contributed by atoms with Crippen molar-refractivity contribution in [1.29, 1.82) is 0 Å². The lowest BCUT2D eigenvalue weighted by atomic mass is 9.96. The largest absolute Gasteiger partial charge is 0.478 e. The van der Waals surface area contributed by atoms with Crippen molar-refractivity contribution in [2.45, 2.75) is 48.9 Å². The molecule has 2 aliphatic rings. The summed E-state index contributed by atoms with van der Waals surface area (Å²) in [5.41, 5.74) is 1.73. The van der Waals surface area contributed by atoms with Crippen molar-refractivity contribution in [2.75, 3.05) is 0 Å². The van der Waals surface area contributed by atoms with Gasteiger partial charge in [-0.2, -0.15) is 13.2 Å². The average molecular weight is 462 g/mol. The van der Waals surface area contributed by atoms with Crippen LogP contribution < -0.4 is 0 Å². The molecule has 0 spiro atoms. The summed E-state index contributed by atoms with van der Waals surface area (Å²) < 4.78 is 67.0. The van der Waals surface area contributed by atoms with Gasteiger partial charge >= 0.3 is 12.1 Å². The molecule has 8 heteroatoms. The summed E-state index contributed by atoms with van der Waals surface area (Å²) in [5.74, 6) is -1.89. The average Bonchev–Trinajstić information content (AvgIpc) is 3.47. The Balaban J connectivity index is 1.81. The number of halogens is 3. The predicted molar refractivity (Wildman–Crippen MR) is 114 cm³/mol. The van der Waals surface area contributed by atoms with E-state index in [9.17, 15) is 31.5 Å². The van der Waals surface area contributed by atoms with Gasteiger partial charge < -0.3 is 5.11 Å². The van der Waals surface area contributed by atoms with Crippen LogP contribution in [0.4, 0.5) is 13.2 Å². The summed E-state index contributed by atoms with van der Waals surface area (Å²) in [6.07, 6.45) is 1.14. The fourth-order valence-electron chi connectivity index (χ4n) is 4.00. The number of carbonyl (C=O) groups is 1. The Bertz CT molecular complexity index is 1270. The highest BCUT2D eigenvalue weighted by atomic mass is 32.2. The highest BCUT2D eigenvalue weighted by molar-refractivity contribution is 7.90. The fraction of sp³-hybridized carbons (Fsp3) is 0.292. The molecule has 0 saturated heterocycles. The Labute approximate surface area is 184 Å². The highest BCUT2D eigenvalue weighted by Crippen LogP contribution is 2.44. The van der Waals surface area contributed by atoms with E-state index in [0.717, 1.165) is 42.2 Å². The van der Waals surface area contributed by atoms with E-state index in [1.807, 2.05) is 13.0 Å². The molecule has 1 N–H and O–H groups in total. The van der Waals surface area contributed by atoms with Gasteiger partial charge in [0.25, 0.3) is 0 Å². The monoisotopic (exact) mass is 462 g/mol. The van der Waals surface area contributed by atoms with Gasteiger partial charge in [0, 0.05) is 0 Å². The number of rotatable bonds is 6. The first-order valence-electron chi connectivity index (χ1n) is 10.1. The first-order valence-corrected chi connectivity index (χ1v) is 11.8. The summed E-state index contributed by atoms with van der Waals surface area (Å²) >= 11 is 0. The SMILES string of the molecule is CC1=CC=C(c2ccc(C(F)(F)F)cc2CS(=O)(=O)c2cc(C(=O)O)ccc2C2CC2)C1. The van der Waals surface area contributed by atoms with Crippen LogP contribution >= 0.6 is 0 Å². The molecule has 0 aromatic heterocycles. The van der Waals surface area contributed by atoms with Crippen LogP contribution in [0.15, 0.2) is 59.0 Å². The van der Waals surface area contributed by atoms with Crippen molar-refractivity contribution in [3.05, 3.63) is 81.9 Å². The number of carboxylic acid groups (broad SMARTS) is 1. The van der Waals surface area contributed by atoms with Crippen LogP contribution in [0.2, 0.25) is 0 Å². The minimum atomic E-state index is -4.61. The molecule has 1 saturated carbocycles. The first kappa shape index (κ1) is 22.3. The normalized spacial score (nSPS) is 16.6. The Kier molecular flexibility index (Phi) is 5.53. The van der Waals surface area contributed by atoms with Crippen LogP contribution in [0.1, 0.15) is 64.7 Å². The van der Waals surface area contributed by atoms with E-state index >= 15 is 0 Å². The van der Waals surface area contributed by atoms with E-state index in [1.165, 1.54) is 18.2 Å². The smallest absolute Gasteiger partial charge is 0.416 e. The third-order valence-corrected chi connectivity index (χ3v) is 7.49. The number of hydrogen-bond acceptors (Lipinski definition) is 3. The second-order valence-corrected chi connectivity index (χ2v) is 10.3. The molecule has 0 radical (unpaired) electrons. The molecule has 0 bridgehead atoms. The topological polar surface area (TPSA) is 71.4 Å². The van der Waals surface area contributed by atoms with Crippen LogP contribution in [0.3, 0.4) is 0 Å². The van der Waals surface area contributed by atoms with Crippen molar-refractivity contribution < 1.29 is 31.5 Å². The number of alkyl halides is 3. The number of benzene rings is 2. The summed E-state index contributed by atoms with van der Waals surface area (Å²) in [4.78, 5) is 11.3. The molecule has 168 valence electrons. The van der Waals surface area contributed by atoms with Gasteiger partial charge in [-0.15, -0.1) is 0 Å². The second kappa shape index (κ2) is 7.92. The quantitative estimate of drug-likeness (QED) is 0.573. The van der Waals surface area contributed by atoms with Gasteiger partial charge in [0.05, 0.1) is 21.8 Å². The molecule has 0 heterocycles. The maximum atomic E-state index is 13.4. The summed E-state index contributed by atoms with van der Waals surface area (Å²) in [6, 6.07) is 7.16. The van der Waals surface area contributed by atoms with Gasteiger partial charge in [0.15, 0.2) is 9.84 Å². The number of sulfone groups is 1. The Morgan fingerprint density at radius 2 is 1.81 bits per heavy atom. The molecule has 0 aliphatic heterocycles. The van der Waals surface area contributed by atoms with Crippen LogP contribution in [-0.2, 0) is 21.8 Å². The van der Waals surface area contributed by atoms with Crippen molar-refractivity contribution in [2.24, 2.45) is 0 Å². The highest BCUT2D eigenvalue weighted by Gasteiger charge is 2.34. The molecule has 4 rings (SSSR count). The maximum Gasteiger partial charge on any atom is 0.416 e. The molecule has 4 nitrogen and oxygen atoms in total. The minimum absolute atomic E-state index is 0.0213.